The zero-order valence-electron chi connectivity index (χ0n) is 13.7. The van der Waals surface area contributed by atoms with Crippen LogP contribution in [0.4, 0.5) is 4.79 Å². The highest BCUT2D eigenvalue weighted by molar-refractivity contribution is 5.74. The number of nitrogens with one attached hydrogen (secondary N) is 2. The van der Waals surface area contributed by atoms with Crippen molar-refractivity contribution in [3.8, 4) is 0 Å². The van der Waals surface area contributed by atoms with Crippen LogP contribution in [0.5, 0.6) is 0 Å². The molecular weight excluding hydrogens is 280 g/mol. The van der Waals surface area contributed by atoms with E-state index in [-0.39, 0.29) is 19.2 Å². The lowest BCUT2D eigenvalue weighted by Gasteiger charge is -2.27. The molecule has 4 N–H and O–H groups in total. The Balaban J connectivity index is 2.53. The molecular formula is C17H28N2O3. The SMILES string of the molecule is CC(C)C(CNC(=O)NC(C)(CO)CO)Cc1ccccc1. The van der Waals surface area contributed by atoms with Crippen molar-refractivity contribution >= 4 is 6.03 Å². The van der Waals surface area contributed by atoms with Gasteiger partial charge in [0.1, 0.15) is 0 Å². The van der Waals surface area contributed by atoms with Crippen molar-refractivity contribution in [3.05, 3.63) is 35.9 Å². The number of hydrogen-bond donors (Lipinski definition) is 4. The Bertz CT molecular complexity index is 444. The Labute approximate surface area is 132 Å². The van der Waals surface area contributed by atoms with Crippen LogP contribution in [-0.4, -0.2) is 41.5 Å². The van der Waals surface area contributed by atoms with E-state index in [9.17, 15) is 15.0 Å². The molecule has 22 heavy (non-hydrogen) atoms. The maximum Gasteiger partial charge on any atom is 0.315 e. The van der Waals surface area contributed by atoms with Gasteiger partial charge in [0.05, 0.1) is 18.8 Å². The quantitative estimate of drug-likeness (QED) is 0.588. The standard InChI is InChI=1S/C17H28N2O3/c1-13(2)15(9-14-7-5-4-6-8-14)10-18-16(22)19-17(3,11-20)12-21/h4-8,13,15,20-21H,9-12H2,1-3H3,(H2,18,19,22). The van der Waals surface area contributed by atoms with Gasteiger partial charge in [0.15, 0.2) is 0 Å². The van der Waals surface area contributed by atoms with Crippen molar-refractivity contribution in [3.63, 3.8) is 0 Å². The molecule has 1 rings (SSSR count). The highest BCUT2D eigenvalue weighted by atomic mass is 16.3. The van der Waals surface area contributed by atoms with Crippen LogP contribution in [0.25, 0.3) is 0 Å². The number of benzene rings is 1. The van der Waals surface area contributed by atoms with Gasteiger partial charge in [-0.2, -0.15) is 0 Å². The van der Waals surface area contributed by atoms with E-state index in [4.69, 9.17) is 0 Å². The smallest absolute Gasteiger partial charge is 0.315 e. The third-order valence-electron chi connectivity index (χ3n) is 3.92. The molecule has 0 aliphatic carbocycles. The molecule has 5 nitrogen and oxygen atoms in total. The van der Waals surface area contributed by atoms with E-state index in [1.807, 2.05) is 18.2 Å². The molecule has 0 spiro atoms. The van der Waals surface area contributed by atoms with Crippen molar-refractivity contribution in [2.45, 2.75) is 32.7 Å². The fraction of sp³-hybridized carbons (Fsp3) is 0.588. The Hall–Kier alpha value is -1.59. The van der Waals surface area contributed by atoms with E-state index in [1.54, 1.807) is 6.92 Å². The average Bonchev–Trinajstić information content (AvgIpc) is 2.52. The molecule has 0 bridgehead atoms. The molecule has 5 heteroatoms. The van der Waals surface area contributed by atoms with Crippen molar-refractivity contribution in [1.82, 2.24) is 10.6 Å². The Morgan fingerprint density at radius 1 is 1.18 bits per heavy atom. The summed E-state index contributed by atoms with van der Waals surface area (Å²) in [5.74, 6) is 0.755. The van der Waals surface area contributed by atoms with Gasteiger partial charge in [-0.1, -0.05) is 44.2 Å². The van der Waals surface area contributed by atoms with Gasteiger partial charge in [0.25, 0.3) is 0 Å². The number of carbonyl (C=O) groups excluding carboxylic acids is 1. The normalized spacial score (nSPS) is 13.0. The van der Waals surface area contributed by atoms with Gasteiger partial charge in [0, 0.05) is 6.54 Å². The van der Waals surface area contributed by atoms with Gasteiger partial charge in [-0.15, -0.1) is 0 Å². The minimum atomic E-state index is -1.00. The third kappa shape index (κ3) is 6.03. The summed E-state index contributed by atoms with van der Waals surface area (Å²) in [5.41, 5.74) is 0.246. The average molecular weight is 308 g/mol. The highest BCUT2D eigenvalue weighted by Crippen LogP contribution is 2.16. The van der Waals surface area contributed by atoms with Gasteiger partial charge in [-0.25, -0.2) is 4.79 Å². The summed E-state index contributed by atoms with van der Waals surface area (Å²) in [6, 6.07) is 9.82. The van der Waals surface area contributed by atoms with Crippen LogP contribution in [0.2, 0.25) is 0 Å². The summed E-state index contributed by atoms with van der Waals surface area (Å²) in [4.78, 5) is 11.9. The number of urea groups is 1. The van der Waals surface area contributed by atoms with Crippen molar-refractivity contribution in [2.24, 2.45) is 11.8 Å². The van der Waals surface area contributed by atoms with Crippen LogP contribution in [0.1, 0.15) is 26.3 Å². The first-order chi connectivity index (χ1) is 10.4. The minimum absolute atomic E-state index is 0.311. The fourth-order valence-corrected chi connectivity index (χ4v) is 2.13. The van der Waals surface area contributed by atoms with Crippen LogP contribution in [0.3, 0.4) is 0 Å². The summed E-state index contributed by atoms with van der Waals surface area (Å²) in [6.07, 6.45) is 0.899. The first-order valence-corrected chi connectivity index (χ1v) is 7.72. The molecule has 0 aromatic heterocycles. The molecule has 0 aliphatic heterocycles. The Kier molecular flexibility index (Phi) is 7.35. The Morgan fingerprint density at radius 3 is 2.27 bits per heavy atom. The minimum Gasteiger partial charge on any atom is -0.394 e. The Morgan fingerprint density at radius 2 is 1.77 bits per heavy atom. The molecule has 124 valence electrons. The zero-order valence-corrected chi connectivity index (χ0v) is 13.7. The summed E-state index contributed by atoms with van der Waals surface area (Å²) in [6.45, 7) is 5.79. The predicted octanol–water partition coefficient (Wildman–Crippen LogP) is 1.54. The number of hydrogen-bond acceptors (Lipinski definition) is 3. The molecule has 1 aromatic carbocycles. The number of rotatable bonds is 8. The maximum absolute atomic E-state index is 11.9. The number of carbonyl (C=O) groups is 1. The zero-order chi connectivity index (χ0) is 16.6. The topological polar surface area (TPSA) is 81.6 Å². The second-order valence-corrected chi connectivity index (χ2v) is 6.41. The second-order valence-electron chi connectivity index (χ2n) is 6.41. The number of aliphatic hydroxyl groups excluding tert-OH is 2. The molecule has 0 fully saturated rings. The van der Waals surface area contributed by atoms with Gasteiger partial charge in [-0.3, -0.25) is 0 Å². The second kappa shape index (κ2) is 8.76. The van der Waals surface area contributed by atoms with Crippen molar-refractivity contribution in [2.75, 3.05) is 19.8 Å². The maximum atomic E-state index is 11.9. The molecule has 2 amide bonds. The lowest BCUT2D eigenvalue weighted by atomic mass is 9.89. The van der Waals surface area contributed by atoms with Crippen LogP contribution >= 0.6 is 0 Å². The first kappa shape index (κ1) is 18.5. The van der Waals surface area contributed by atoms with Gasteiger partial charge in [0.2, 0.25) is 0 Å². The number of amides is 2. The summed E-state index contributed by atoms with van der Waals surface area (Å²) in [5, 5.41) is 23.8. The fourth-order valence-electron chi connectivity index (χ4n) is 2.13. The van der Waals surface area contributed by atoms with Crippen LogP contribution < -0.4 is 10.6 Å². The predicted molar refractivity (Wildman–Crippen MR) is 87.6 cm³/mol. The molecule has 1 unspecified atom stereocenters. The first-order valence-electron chi connectivity index (χ1n) is 7.72. The van der Waals surface area contributed by atoms with E-state index < -0.39 is 5.54 Å². The summed E-state index contributed by atoms with van der Waals surface area (Å²) < 4.78 is 0. The van der Waals surface area contributed by atoms with Crippen molar-refractivity contribution < 1.29 is 15.0 Å². The monoisotopic (exact) mass is 308 g/mol. The summed E-state index contributed by atoms with van der Waals surface area (Å²) >= 11 is 0. The molecule has 0 saturated heterocycles. The van der Waals surface area contributed by atoms with Crippen molar-refractivity contribution in [1.29, 1.82) is 0 Å². The molecule has 0 heterocycles. The lowest BCUT2D eigenvalue weighted by Crippen LogP contribution is -2.55. The largest absolute Gasteiger partial charge is 0.394 e. The van der Waals surface area contributed by atoms with Crippen LogP contribution in [0.15, 0.2) is 30.3 Å². The summed E-state index contributed by atoms with van der Waals surface area (Å²) in [7, 11) is 0. The third-order valence-corrected chi connectivity index (χ3v) is 3.92. The van der Waals surface area contributed by atoms with Crippen LogP contribution in [0, 0.1) is 11.8 Å². The van der Waals surface area contributed by atoms with E-state index >= 15 is 0 Å². The number of aliphatic hydroxyl groups is 2. The lowest BCUT2D eigenvalue weighted by molar-refractivity contribution is 0.109. The highest BCUT2D eigenvalue weighted by Gasteiger charge is 2.25. The molecule has 1 aromatic rings. The van der Waals surface area contributed by atoms with Gasteiger partial charge in [-0.05, 0) is 30.7 Å². The van der Waals surface area contributed by atoms with E-state index in [2.05, 4.69) is 36.6 Å². The van der Waals surface area contributed by atoms with Gasteiger partial charge >= 0.3 is 6.03 Å². The van der Waals surface area contributed by atoms with Crippen LogP contribution in [-0.2, 0) is 6.42 Å². The van der Waals surface area contributed by atoms with E-state index in [1.165, 1.54) is 5.56 Å². The van der Waals surface area contributed by atoms with E-state index in [0.717, 1.165) is 6.42 Å². The molecule has 1 atom stereocenters. The molecule has 0 saturated carbocycles. The molecule has 0 radical (unpaired) electrons. The molecule has 0 aliphatic rings. The van der Waals surface area contributed by atoms with E-state index in [0.29, 0.717) is 18.4 Å². The van der Waals surface area contributed by atoms with Gasteiger partial charge < -0.3 is 20.8 Å².